The second kappa shape index (κ2) is 4.46. The highest BCUT2D eigenvalue weighted by molar-refractivity contribution is 5.47. The number of rotatable bonds is 1. The quantitative estimate of drug-likeness (QED) is 0.779. The largest absolute Gasteiger partial charge is 0.367 e. The van der Waals surface area contributed by atoms with E-state index >= 15 is 0 Å². The van der Waals surface area contributed by atoms with Gasteiger partial charge in [-0.3, -0.25) is 0 Å². The third kappa shape index (κ3) is 2.56. The lowest BCUT2D eigenvalue weighted by Gasteiger charge is -2.34. The standard InChI is InChI=1S/C14H22N2/c1-12-9-10-15-14(2,3)11-16(12)13-7-5-4-6-8-13/h4-8,12,15H,9-11H2,1-3H3. The summed E-state index contributed by atoms with van der Waals surface area (Å²) in [6.07, 6.45) is 1.21. The lowest BCUT2D eigenvalue weighted by molar-refractivity contribution is 0.415. The summed E-state index contributed by atoms with van der Waals surface area (Å²) in [5.74, 6) is 0. The van der Waals surface area contributed by atoms with E-state index in [1.54, 1.807) is 0 Å². The van der Waals surface area contributed by atoms with Crippen LogP contribution in [0.2, 0.25) is 0 Å². The normalized spacial score (nSPS) is 25.2. The maximum absolute atomic E-state index is 3.61. The van der Waals surface area contributed by atoms with E-state index < -0.39 is 0 Å². The molecule has 0 saturated carbocycles. The van der Waals surface area contributed by atoms with Crippen molar-refractivity contribution in [2.45, 2.75) is 38.8 Å². The van der Waals surface area contributed by atoms with E-state index in [-0.39, 0.29) is 5.54 Å². The van der Waals surface area contributed by atoms with Gasteiger partial charge in [0.15, 0.2) is 0 Å². The number of hydrogen-bond donors (Lipinski definition) is 1. The summed E-state index contributed by atoms with van der Waals surface area (Å²) < 4.78 is 0. The fourth-order valence-corrected chi connectivity index (χ4v) is 2.38. The van der Waals surface area contributed by atoms with Crippen LogP contribution in [0.25, 0.3) is 0 Å². The summed E-state index contributed by atoms with van der Waals surface area (Å²) >= 11 is 0. The van der Waals surface area contributed by atoms with E-state index in [0.29, 0.717) is 6.04 Å². The van der Waals surface area contributed by atoms with Crippen molar-refractivity contribution in [3.05, 3.63) is 30.3 Å². The predicted octanol–water partition coefficient (Wildman–Crippen LogP) is 2.65. The molecule has 1 unspecified atom stereocenters. The van der Waals surface area contributed by atoms with Crippen LogP contribution in [0.3, 0.4) is 0 Å². The maximum atomic E-state index is 3.61. The Kier molecular flexibility index (Phi) is 3.20. The number of para-hydroxylation sites is 1. The van der Waals surface area contributed by atoms with Gasteiger partial charge in [0.1, 0.15) is 0 Å². The highest BCUT2D eigenvalue weighted by Crippen LogP contribution is 2.23. The molecule has 0 amide bonds. The van der Waals surface area contributed by atoms with Crippen LogP contribution in [-0.2, 0) is 0 Å². The van der Waals surface area contributed by atoms with E-state index in [4.69, 9.17) is 0 Å². The number of benzene rings is 1. The van der Waals surface area contributed by atoms with Gasteiger partial charge in [-0.2, -0.15) is 0 Å². The predicted molar refractivity (Wildman–Crippen MR) is 69.9 cm³/mol. The molecule has 2 rings (SSSR count). The summed E-state index contributed by atoms with van der Waals surface area (Å²) in [4.78, 5) is 2.51. The lowest BCUT2D eigenvalue weighted by atomic mass is 10.0. The Labute approximate surface area is 98.7 Å². The van der Waals surface area contributed by atoms with Crippen LogP contribution in [-0.4, -0.2) is 24.7 Å². The van der Waals surface area contributed by atoms with Gasteiger partial charge in [-0.25, -0.2) is 0 Å². The highest BCUT2D eigenvalue weighted by Gasteiger charge is 2.27. The fraction of sp³-hybridized carbons (Fsp3) is 0.571. The number of nitrogens with zero attached hydrogens (tertiary/aromatic N) is 1. The fourth-order valence-electron chi connectivity index (χ4n) is 2.38. The van der Waals surface area contributed by atoms with Crippen LogP contribution in [0.5, 0.6) is 0 Å². The molecule has 1 aromatic rings. The van der Waals surface area contributed by atoms with E-state index in [9.17, 15) is 0 Å². The van der Waals surface area contributed by atoms with Crippen LogP contribution < -0.4 is 10.2 Å². The molecule has 16 heavy (non-hydrogen) atoms. The van der Waals surface area contributed by atoms with Gasteiger partial charge in [0.25, 0.3) is 0 Å². The first kappa shape index (κ1) is 11.5. The van der Waals surface area contributed by atoms with E-state index in [0.717, 1.165) is 13.1 Å². The monoisotopic (exact) mass is 218 g/mol. The minimum atomic E-state index is 0.195. The molecule has 1 N–H and O–H groups in total. The van der Waals surface area contributed by atoms with Gasteiger partial charge in [-0.1, -0.05) is 18.2 Å². The Morgan fingerprint density at radius 2 is 1.94 bits per heavy atom. The SMILES string of the molecule is CC1CCNC(C)(C)CN1c1ccccc1. The zero-order valence-electron chi connectivity index (χ0n) is 10.5. The molecule has 1 aliphatic rings. The third-order valence-electron chi connectivity index (χ3n) is 3.35. The van der Waals surface area contributed by atoms with Crippen LogP contribution in [0.1, 0.15) is 27.2 Å². The highest BCUT2D eigenvalue weighted by atomic mass is 15.2. The van der Waals surface area contributed by atoms with Crippen molar-refractivity contribution >= 4 is 5.69 Å². The minimum absolute atomic E-state index is 0.195. The Bertz CT molecular complexity index is 332. The van der Waals surface area contributed by atoms with Gasteiger partial charge in [0.2, 0.25) is 0 Å². The zero-order chi connectivity index (χ0) is 11.6. The molecule has 0 radical (unpaired) electrons. The molecule has 1 aromatic carbocycles. The Morgan fingerprint density at radius 1 is 1.25 bits per heavy atom. The van der Waals surface area contributed by atoms with E-state index in [2.05, 4.69) is 61.3 Å². The van der Waals surface area contributed by atoms with Crippen molar-refractivity contribution in [3.8, 4) is 0 Å². The van der Waals surface area contributed by atoms with Crippen LogP contribution in [0.4, 0.5) is 5.69 Å². The number of hydrogen-bond acceptors (Lipinski definition) is 2. The first-order valence-corrected chi connectivity index (χ1v) is 6.15. The minimum Gasteiger partial charge on any atom is -0.367 e. The van der Waals surface area contributed by atoms with Crippen molar-refractivity contribution in [3.63, 3.8) is 0 Å². The van der Waals surface area contributed by atoms with Crippen molar-refractivity contribution < 1.29 is 0 Å². The molecule has 0 aromatic heterocycles. The molecule has 0 aliphatic carbocycles. The van der Waals surface area contributed by atoms with Gasteiger partial charge in [-0.05, 0) is 45.9 Å². The summed E-state index contributed by atoms with van der Waals surface area (Å²) in [5, 5.41) is 3.61. The average molecular weight is 218 g/mol. The second-order valence-corrected chi connectivity index (χ2v) is 5.41. The van der Waals surface area contributed by atoms with Gasteiger partial charge in [0.05, 0.1) is 0 Å². The summed E-state index contributed by atoms with van der Waals surface area (Å²) in [6.45, 7) is 9.05. The molecule has 2 heteroatoms. The molecule has 88 valence electrons. The molecule has 2 nitrogen and oxygen atoms in total. The summed E-state index contributed by atoms with van der Waals surface area (Å²) in [5.41, 5.74) is 1.53. The smallest absolute Gasteiger partial charge is 0.0369 e. The topological polar surface area (TPSA) is 15.3 Å². The van der Waals surface area contributed by atoms with Gasteiger partial charge < -0.3 is 10.2 Å². The third-order valence-corrected chi connectivity index (χ3v) is 3.35. The van der Waals surface area contributed by atoms with Crippen LogP contribution in [0.15, 0.2) is 30.3 Å². The van der Waals surface area contributed by atoms with E-state index in [1.165, 1.54) is 12.1 Å². The molecule has 1 fully saturated rings. The molecular weight excluding hydrogens is 196 g/mol. The lowest BCUT2D eigenvalue weighted by Crippen LogP contribution is -2.47. The van der Waals surface area contributed by atoms with E-state index in [1.807, 2.05) is 0 Å². The number of anilines is 1. The summed E-state index contributed by atoms with van der Waals surface area (Å²) in [6, 6.07) is 11.3. The van der Waals surface area contributed by atoms with Crippen molar-refractivity contribution in [1.82, 2.24) is 5.32 Å². The molecule has 0 bridgehead atoms. The maximum Gasteiger partial charge on any atom is 0.0369 e. The second-order valence-electron chi connectivity index (χ2n) is 5.41. The van der Waals surface area contributed by atoms with Crippen molar-refractivity contribution in [1.29, 1.82) is 0 Å². The Balaban J connectivity index is 2.23. The Hall–Kier alpha value is -1.02. The summed E-state index contributed by atoms with van der Waals surface area (Å²) in [7, 11) is 0. The molecule has 1 saturated heterocycles. The molecule has 1 atom stereocenters. The molecular formula is C14H22N2. The van der Waals surface area contributed by atoms with Crippen molar-refractivity contribution in [2.24, 2.45) is 0 Å². The molecule has 1 aliphatic heterocycles. The molecule has 0 spiro atoms. The average Bonchev–Trinajstić information content (AvgIpc) is 2.39. The first-order chi connectivity index (χ1) is 7.58. The van der Waals surface area contributed by atoms with Gasteiger partial charge >= 0.3 is 0 Å². The van der Waals surface area contributed by atoms with Crippen LogP contribution >= 0.6 is 0 Å². The van der Waals surface area contributed by atoms with Crippen LogP contribution in [0, 0.1) is 0 Å². The van der Waals surface area contributed by atoms with Gasteiger partial charge in [0, 0.05) is 23.8 Å². The first-order valence-electron chi connectivity index (χ1n) is 6.15. The zero-order valence-corrected chi connectivity index (χ0v) is 10.5. The van der Waals surface area contributed by atoms with Gasteiger partial charge in [-0.15, -0.1) is 0 Å². The number of nitrogens with one attached hydrogen (secondary N) is 1. The molecule has 1 heterocycles. The van der Waals surface area contributed by atoms with Crippen molar-refractivity contribution in [2.75, 3.05) is 18.0 Å². The Morgan fingerprint density at radius 3 is 2.62 bits per heavy atom.